The van der Waals surface area contributed by atoms with Gasteiger partial charge in [0.1, 0.15) is 0 Å². The summed E-state index contributed by atoms with van der Waals surface area (Å²) >= 11 is 0. The second kappa shape index (κ2) is 8.50. The van der Waals surface area contributed by atoms with Crippen LogP contribution in [0.15, 0.2) is 0 Å². The average Bonchev–Trinajstić information content (AvgIpc) is 3.28. The second-order valence-corrected chi connectivity index (χ2v) is 7.34. The lowest BCUT2D eigenvalue weighted by Crippen LogP contribution is -2.47. The third-order valence-corrected chi connectivity index (χ3v) is 4.95. The number of hydrogen-bond donors (Lipinski definition) is 1. The van der Waals surface area contributed by atoms with Gasteiger partial charge in [0, 0.05) is 12.6 Å². The number of ether oxygens (including phenoxy) is 2. The monoisotopic (exact) mass is 297 g/mol. The minimum absolute atomic E-state index is 0.0766. The Labute approximate surface area is 131 Å². The van der Waals surface area contributed by atoms with Gasteiger partial charge in [-0.3, -0.25) is 0 Å². The van der Waals surface area contributed by atoms with Crippen LogP contribution in [0.1, 0.15) is 72.1 Å². The van der Waals surface area contributed by atoms with E-state index in [9.17, 15) is 0 Å². The van der Waals surface area contributed by atoms with E-state index in [4.69, 9.17) is 9.47 Å². The maximum atomic E-state index is 6.34. The molecule has 0 radical (unpaired) electrons. The molecule has 0 aromatic rings. The summed E-state index contributed by atoms with van der Waals surface area (Å²) in [6, 6.07) is 0.769. The van der Waals surface area contributed by atoms with Crippen LogP contribution in [0.5, 0.6) is 0 Å². The molecular weight excluding hydrogens is 262 g/mol. The summed E-state index contributed by atoms with van der Waals surface area (Å²) in [6.07, 6.45) is 10.8. The van der Waals surface area contributed by atoms with Gasteiger partial charge < -0.3 is 14.8 Å². The van der Waals surface area contributed by atoms with Crippen molar-refractivity contribution in [2.24, 2.45) is 5.92 Å². The topological polar surface area (TPSA) is 30.5 Å². The van der Waals surface area contributed by atoms with Crippen LogP contribution in [0, 0.1) is 5.92 Å². The van der Waals surface area contributed by atoms with E-state index in [1.54, 1.807) is 0 Å². The van der Waals surface area contributed by atoms with Crippen molar-refractivity contribution < 1.29 is 9.47 Å². The van der Waals surface area contributed by atoms with Crippen LogP contribution in [0.3, 0.4) is 0 Å². The Morgan fingerprint density at radius 3 is 2.38 bits per heavy atom. The van der Waals surface area contributed by atoms with Crippen molar-refractivity contribution >= 4 is 0 Å². The zero-order valence-electron chi connectivity index (χ0n) is 14.3. The van der Waals surface area contributed by atoms with Crippen molar-refractivity contribution in [2.75, 3.05) is 19.8 Å². The number of rotatable bonds is 10. The predicted octanol–water partition coefficient (Wildman–Crippen LogP) is 3.91. The molecule has 3 heteroatoms. The summed E-state index contributed by atoms with van der Waals surface area (Å²) in [7, 11) is 0. The standard InChI is InChI=1S/C18H35NO2/c1-4-5-16-8-10-18(11-9-16,14-19-17-6-7-17)21-13-12-20-15(2)3/h15-17,19H,4-14H2,1-3H3. The molecule has 0 aromatic carbocycles. The van der Waals surface area contributed by atoms with E-state index in [0.717, 1.165) is 31.7 Å². The van der Waals surface area contributed by atoms with Crippen molar-refractivity contribution in [3.8, 4) is 0 Å². The first-order valence-electron chi connectivity index (χ1n) is 9.12. The lowest BCUT2D eigenvalue weighted by Gasteiger charge is -2.40. The molecule has 0 aliphatic heterocycles. The summed E-state index contributed by atoms with van der Waals surface area (Å²) in [6.45, 7) is 8.97. The van der Waals surface area contributed by atoms with Crippen molar-refractivity contribution in [3.05, 3.63) is 0 Å². The van der Waals surface area contributed by atoms with Gasteiger partial charge in [0.2, 0.25) is 0 Å². The van der Waals surface area contributed by atoms with Crippen molar-refractivity contribution in [1.82, 2.24) is 5.32 Å². The highest BCUT2D eigenvalue weighted by Gasteiger charge is 2.37. The zero-order chi connectivity index (χ0) is 15.1. The molecule has 2 rings (SSSR count). The lowest BCUT2D eigenvalue weighted by atomic mass is 9.77. The maximum Gasteiger partial charge on any atom is 0.0807 e. The third kappa shape index (κ3) is 6.25. The highest BCUT2D eigenvalue weighted by Crippen LogP contribution is 2.37. The van der Waals surface area contributed by atoms with Gasteiger partial charge in [0.25, 0.3) is 0 Å². The van der Waals surface area contributed by atoms with Gasteiger partial charge in [-0.2, -0.15) is 0 Å². The maximum absolute atomic E-state index is 6.34. The normalized spacial score (nSPS) is 30.0. The largest absolute Gasteiger partial charge is 0.376 e. The summed E-state index contributed by atoms with van der Waals surface area (Å²) in [5.41, 5.74) is 0.0766. The van der Waals surface area contributed by atoms with Crippen LogP contribution >= 0.6 is 0 Å². The summed E-state index contributed by atoms with van der Waals surface area (Å²) in [5.74, 6) is 0.930. The quantitative estimate of drug-likeness (QED) is 0.620. The predicted molar refractivity (Wildman–Crippen MR) is 87.7 cm³/mol. The molecule has 2 saturated carbocycles. The van der Waals surface area contributed by atoms with Gasteiger partial charge in [0.15, 0.2) is 0 Å². The number of nitrogens with one attached hydrogen (secondary N) is 1. The van der Waals surface area contributed by atoms with Crippen molar-refractivity contribution in [3.63, 3.8) is 0 Å². The van der Waals surface area contributed by atoms with Gasteiger partial charge in [-0.25, -0.2) is 0 Å². The Kier molecular flexibility index (Phi) is 6.97. The minimum atomic E-state index is 0.0766. The molecule has 0 spiro atoms. The summed E-state index contributed by atoms with van der Waals surface area (Å²) < 4.78 is 12.0. The smallest absolute Gasteiger partial charge is 0.0807 e. The van der Waals surface area contributed by atoms with Crippen molar-refractivity contribution in [2.45, 2.75) is 89.9 Å². The zero-order valence-corrected chi connectivity index (χ0v) is 14.3. The van der Waals surface area contributed by atoms with E-state index < -0.39 is 0 Å². The first-order chi connectivity index (χ1) is 10.1. The first-order valence-corrected chi connectivity index (χ1v) is 9.12. The Morgan fingerprint density at radius 2 is 1.81 bits per heavy atom. The fraction of sp³-hybridized carbons (Fsp3) is 1.00. The first kappa shape index (κ1) is 17.2. The van der Waals surface area contributed by atoms with Gasteiger partial charge in [-0.15, -0.1) is 0 Å². The summed E-state index contributed by atoms with van der Waals surface area (Å²) in [5, 5.41) is 3.70. The SMILES string of the molecule is CCCC1CCC(CNC2CC2)(OCCOC(C)C)CC1. The fourth-order valence-electron chi connectivity index (χ4n) is 3.43. The molecule has 0 heterocycles. The van der Waals surface area contributed by atoms with E-state index in [0.29, 0.717) is 6.10 Å². The summed E-state index contributed by atoms with van der Waals surface area (Å²) in [4.78, 5) is 0. The average molecular weight is 297 g/mol. The highest BCUT2D eigenvalue weighted by molar-refractivity contribution is 4.92. The Bertz CT molecular complexity index is 281. The van der Waals surface area contributed by atoms with Crippen molar-refractivity contribution in [1.29, 1.82) is 0 Å². The molecule has 2 fully saturated rings. The van der Waals surface area contributed by atoms with Crippen LogP contribution in [-0.4, -0.2) is 37.5 Å². The molecule has 2 aliphatic carbocycles. The number of hydrogen-bond acceptors (Lipinski definition) is 3. The molecule has 0 aromatic heterocycles. The Balaban J connectivity index is 1.76. The van der Waals surface area contributed by atoms with E-state index in [1.807, 2.05) is 0 Å². The fourth-order valence-corrected chi connectivity index (χ4v) is 3.43. The molecule has 21 heavy (non-hydrogen) atoms. The van der Waals surface area contributed by atoms with E-state index in [-0.39, 0.29) is 5.60 Å². The Hall–Kier alpha value is -0.120. The van der Waals surface area contributed by atoms with Crippen LogP contribution in [-0.2, 0) is 9.47 Å². The molecule has 0 amide bonds. The molecule has 3 nitrogen and oxygen atoms in total. The highest BCUT2D eigenvalue weighted by atomic mass is 16.5. The van der Waals surface area contributed by atoms with E-state index >= 15 is 0 Å². The molecule has 0 bridgehead atoms. The third-order valence-electron chi connectivity index (χ3n) is 4.95. The lowest BCUT2D eigenvalue weighted by molar-refractivity contribution is -0.0980. The Morgan fingerprint density at radius 1 is 1.10 bits per heavy atom. The van der Waals surface area contributed by atoms with Gasteiger partial charge in [0.05, 0.1) is 24.9 Å². The van der Waals surface area contributed by atoms with Crippen LogP contribution in [0.25, 0.3) is 0 Å². The van der Waals surface area contributed by atoms with Crippen LogP contribution in [0.4, 0.5) is 0 Å². The molecule has 0 atom stereocenters. The molecule has 0 unspecified atom stereocenters. The van der Waals surface area contributed by atoms with Gasteiger partial charge in [-0.05, 0) is 58.3 Å². The molecule has 1 N–H and O–H groups in total. The molecular formula is C18H35NO2. The van der Waals surface area contributed by atoms with Gasteiger partial charge >= 0.3 is 0 Å². The van der Waals surface area contributed by atoms with Crippen LogP contribution in [0.2, 0.25) is 0 Å². The molecule has 124 valence electrons. The van der Waals surface area contributed by atoms with Gasteiger partial charge in [-0.1, -0.05) is 19.8 Å². The van der Waals surface area contributed by atoms with Crippen LogP contribution < -0.4 is 5.32 Å². The van der Waals surface area contributed by atoms with E-state index in [2.05, 4.69) is 26.1 Å². The molecule has 2 aliphatic rings. The minimum Gasteiger partial charge on any atom is -0.376 e. The molecule has 0 saturated heterocycles. The second-order valence-electron chi connectivity index (χ2n) is 7.34. The van der Waals surface area contributed by atoms with E-state index in [1.165, 1.54) is 51.4 Å².